The minimum Gasteiger partial charge on any atom is -0.873 e. The van der Waals surface area contributed by atoms with E-state index >= 15 is 0 Å². The number of allylic oxidation sites excluding steroid dienone is 2. The van der Waals surface area contributed by atoms with Crippen LogP contribution in [0.2, 0.25) is 0 Å². The number of methoxy groups -OCH3 is 1. The molecule has 0 amide bonds. The van der Waals surface area contributed by atoms with Crippen molar-refractivity contribution in [2.24, 2.45) is 0 Å². The van der Waals surface area contributed by atoms with Gasteiger partial charge in [-0.1, -0.05) is 12.2 Å². The maximum atomic E-state index is 11.1. The minimum atomic E-state index is -0.426. The summed E-state index contributed by atoms with van der Waals surface area (Å²) < 4.78 is 11.4. The Morgan fingerprint density at radius 1 is 1.06 bits per heavy atom. The first-order valence-electron chi connectivity index (χ1n) is 6.15. The molecule has 2 aliphatic rings. The van der Waals surface area contributed by atoms with Gasteiger partial charge >= 0.3 is 0 Å². The average Bonchev–Trinajstić information content (AvgIpc) is 2.37. The van der Waals surface area contributed by atoms with E-state index in [1.165, 1.54) is 0 Å². The van der Waals surface area contributed by atoms with Gasteiger partial charge in [-0.15, -0.1) is 5.76 Å². The molecule has 0 saturated heterocycles. The lowest BCUT2D eigenvalue weighted by molar-refractivity contribution is -0.296. The molecule has 2 aliphatic carbocycles. The van der Waals surface area contributed by atoms with Crippen LogP contribution < -0.4 is 5.11 Å². The van der Waals surface area contributed by atoms with Crippen LogP contribution in [-0.4, -0.2) is 18.3 Å². The molecule has 18 heavy (non-hydrogen) atoms. The first kappa shape index (κ1) is 13.0. The van der Waals surface area contributed by atoms with Gasteiger partial charge in [-0.25, -0.2) is 0 Å². The molecule has 0 saturated carbocycles. The van der Waals surface area contributed by atoms with Crippen LogP contribution in [0.15, 0.2) is 48.0 Å². The average molecular weight is 247 g/mol. The van der Waals surface area contributed by atoms with Crippen molar-refractivity contribution in [3.05, 3.63) is 48.0 Å². The summed E-state index contributed by atoms with van der Waals surface area (Å²) in [5.41, 5.74) is -0.664. The molecular formula is C15H19O3-. The summed E-state index contributed by atoms with van der Waals surface area (Å²) in [4.78, 5) is 0. The van der Waals surface area contributed by atoms with Gasteiger partial charge in [-0.05, 0) is 38.2 Å². The summed E-state index contributed by atoms with van der Waals surface area (Å²) in [7, 11) is 1.70. The molecule has 3 heteroatoms. The van der Waals surface area contributed by atoms with Crippen LogP contribution in [0.4, 0.5) is 0 Å². The van der Waals surface area contributed by atoms with E-state index in [0.29, 0.717) is 6.42 Å². The highest BCUT2D eigenvalue weighted by Crippen LogP contribution is 2.30. The van der Waals surface area contributed by atoms with E-state index in [1.807, 2.05) is 38.2 Å². The molecular weight excluding hydrogens is 228 g/mol. The molecule has 2 unspecified atom stereocenters. The van der Waals surface area contributed by atoms with E-state index in [-0.39, 0.29) is 11.4 Å². The first-order valence-corrected chi connectivity index (χ1v) is 6.15. The fraction of sp³-hybridized carbons (Fsp3) is 0.467. The van der Waals surface area contributed by atoms with Gasteiger partial charge in [0.15, 0.2) is 0 Å². The highest BCUT2D eigenvalue weighted by Gasteiger charge is 2.27. The van der Waals surface area contributed by atoms with Crippen LogP contribution in [0.5, 0.6) is 0 Å². The number of rotatable bonds is 3. The molecule has 2 atom stereocenters. The van der Waals surface area contributed by atoms with Gasteiger partial charge < -0.3 is 14.6 Å². The lowest BCUT2D eigenvalue weighted by atomic mass is 9.94. The molecule has 0 aromatic carbocycles. The van der Waals surface area contributed by atoms with Crippen molar-refractivity contribution in [1.82, 2.24) is 0 Å². The SMILES string of the molecule is COC1(C)C=CC(OC2(C)C=CC([O-])=CC2)=CC1. The Balaban J connectivity index is 2.01. The third-order valence-electron chi connectivity index (χ3n) is 3.43. The molecule has 3 nitrogen and oxygen atoms in total. The summed E-state index contributed by atoms with van der Waals surface area (Å²) in [5, 5.41) is 11.1. The third-order valence-corrected chi connectivity index (χ3v) is 3.43. The predicted octanol–water partition coefficient (Wildman–Crippen LogP) is 2.21. The molecule has 2 rings (SSSR count). The third kappa shape index (κ3) is 2.85. The lowest BCUT2D eigenvalue weighted by Crippen LogP contribution is -2.30. The van der Waals surface area contributed by atoms with Crippen LogP contribution in [0.1, 0.15) is 26.7 Å². The zero-order valence-electron chi connectivity index (χ0n) is 11.1. The normalized spacial score (nSPS) is 35.1. The number of hydrogen-bond donors (Lipinski definition) is 0. The smallest absolute Gasteiger partial charge is 0.128 e. The van der Waals surface area contributed by atoms with Gasteiger partial charge in [0, 0.05) is 20.0 Å². The molecule has 0 aromatic heterocycles. The van der Waals surface area contributed by atoms with Gasteiger partial charge in [0.2, 0.25) is 0 Å². The second-order valence-electron chi connectivity index (χ2n) is 5.22. The molecule has 0 aliphatic heterocycles. The van der Waals surface area contributed by atoms with Crippen molar-refractivity contribution in [2.75, 3.05) is 7.11 Å². The Hall–Kier alpha value is -1.48. The Bertz CT molecular complexity index is 445. The standard InChI is InChI=1S/C15H20O3/c1-14(17-3)10-6-13(7-11-14)18-15(2)8-4-12(16)5-9-15/h4-8,10,16H,9,11H2,1-3H3/p-1. The fourth-order valence-electron chi connectivity index (χ4n) is 1.97. The van der Waals surface area contributed by atoms with E-state index in [1.54, 1.807) is 19.3 Å². The first-order chi connectivity index (χ1) is 8.45. The van der Waals surface area contributed by atoms with Crippen molar-refractivity contribution >= 4 is 0 Å². The number of hydrogen-bond acceptors (Lipinski definition) is 3. The largest absolute Gasteiger partial charge is 0.873 e. The van der Waals surface area contributed by atoms with Crippen molar-refractivity contribution in [3.8, 4) is 0 Å². The van der Waals surface area contributed by atoms with E-state index < -0.39 is 5.60 Å². The Morgan fingerprint density at radius 2 is 1.72 bits per heavy atom. The van der Waals surface area contributed by atoms with Crippen LogP contribution in [-0.2, 0) is 9.47 Å². The number of ether oxygens (including phenoxy) is 2. The van der Waals surface area contributed by atoms with Crippen LogP contribution >= 0.6 is 0 Å². The topological polar surface area (TPSA) is 41.5 Å². The zero-order valence-corrected chi connectivity index (χ0v) is 11.1. The van der Waals surface area contributed by atoms with Crippen LogP contribution in [0.25, 0.3) is 0 Å². The monoisotopic (exact) mass is 247 g/mol. The Morgan fingerprint density at radius 3 is 2.22 bits per heavy atom. The van der Waals surface area contributed by atoms with E-state index in [2.05, 4.69) is 0 Å². The van der Waals surface area contributed by atoms with Gasteiger partial charge in [0.25, 0.3) is 0 Å². The quantitative estimate of drug-likeness (QED) is 0.768. The molecule has 0 aromatic rings. The van der Waals surface area contributed by atoms with Gasteiger partial charge in [-0.2, -0.15) is 0 Å². The van der Waals surface area contributed by atoms with Crippen molar-refractivity contribution < 1.29 is 14.6 Å². The second-order valence-corrected chi connectivity index (χ2v) is 5.22. The maximum absolute atomic E-state index is 11.1. The predicted molar refractivity (Wildman–Crippen MR) is 68.6 cm³/mol. The highest BCUT2D eigenvalue weighted by atomic mass is 16.5. The molecule has 0 bridgehead atoms. The molecule has 0 N–H and O–H groups in total. The summed E-state index contributed by atoms with van der Waals surface area (Å²) >= 11 is 0. The summed E-state index contributed by atoms with van der Waals surface area (Å²) in [6.45, 7) is 4.01. The fourth-order valence-corrected chi connectivity index (χ4v) is 1.97. The molecule has 0 fully saturated rings. The van der Waals surface area contributed by atoms with E-state index in [4.69, 9.17) is 9.47 Å². The Labute approximate surface area is 108 Å². The molecule has 0 spiro atoms. The van der Waals surface area contributed by atoms with Gasteiger partial charge in [0.1, 0.15) is 11.4 Å². The molecule has 0 radical (unpaired) electrons. The van der Waals surface area contributed by atoms with E-state index in [0.717, 1.165) is 12.2 Å². The summed E-state index contributed by atoms with van der Waals surface area (Å²) in [5.74, 6) is 0.885. The van der Waals surface area contributed by atoms with Crippen molar-refractivity contribution in [1.29, 1.82) is 0 Å². The summed E-state index contributed by atoms with van der Waals surface area (Å²) in [6, 6.07) is 0. The van der Waals surface area contributed by atoms with Crippen LogP contribution in [0.3, 0.4) is 0 Å². The second kappa shape index (κ2) is 4.65. The van der Waals surface area contributed by atoms with Gasteiger partial charge in [-0.3, -0.25) is 0 Å². The van der Waals surface area contributed by atoms with Crippen molar-refractivity contribution in [3.63, 3.8) is 0 Å². The van der Waals surface area contributed by atoms with E-state index in [9.17, 15) is 5.11 Å². The minimum absolute atomic E-state index is 0.0520. The van der Waals surface area contributed by atoms with Crippen molar-refractivity contribution in [2.45, 2.75) is 37.9 Å². The summed E-state index contributed by atoms with van der Waals surface area (Å²) in [6.07, 6.45) is 12.4. The highest BCUT2D eigenvalue weighted by molar-refractivity contribution is 5.27. The molecule has 0 heterocycles. The molecule has 98 valence electrons. The zero-order chi connectivity index (χ0) is 13.2. The Kier molecular flexibility index (Phi) is 3.35. The van der Waals surface area contributed by atoms with Crippen LogP contribution in [0, 0.1) is 0 Å². The maximum Gasteiger partial charge on any atom is 0.128 e. The van der Waals surface area contributed by atoms with Gasteiger partial charge in [0.05, 0.1) is 5.60 Å². The lowest BCUT2D eigenvalue weighted by Gasteiger charge is -2.33.